The summed E-state index contributed by atoms with van der Waals surface area (Å²) >= 11 is 0. The number of benzene rings is 2. The molecule has 0 aliphatic carbocycles. The summed E-state index contributed by atoms with van der Waals surface area (Å²) in [6.45, 7) is 3.32. The Bertz CT molecular complexity index is 629. The first-order chi connectivity index (χ1) is 9.74. The number of nitrogens with zero attached hydrogens (tertiary/aromatic N) is 1. The van der Waals surface area contributed by atoms with Crippen LogP contribution in [-0.2, 0) is 19.5 Å². The van der Waals surface area contributed by atoms with Crippen molar-refractivity contribution >= 4 is 0 Å². The average Bonchev–Trinajstić information content (AvgIpc) is 2.48. The SMILES string of the molecule is CCc1ccccc1CNCc1cc(F)ccc1C#N. The maximum atomic E-state index is 13.2. The fourth-order valence-electron chi connectivity index (χ4n) is 2.22. The molecule has 0 saturated carbocycles. The number of halogens is 1. The molecular weight excluding hydrogens is 251 g/mol. The molecule has 20 heavy (non-hydrogen) atoms. The summed E-state index contributed by atoms with van der Waals surface area (Å²) in [7, 11) is 0. The summed E-state index contributed by atoms with van der Waals surface area (Å²) < 4.78 is 13.2. The van der Waals surface area contributed by atoms with Crippen LogP contribution in [0.4, 0.5) is 4.39 Å². The molecule has 1 N–H and O–H groups in total. The summed E-state index contributed by atoms with van der Waals surface area (Å²) in [5.41, 5.74) is 3.76. The van der Waals surface area contributed by atoms with Gasteiger partial charge in [-0.1, -0.05) is 31.2 Å². The molecule has 0 saturated heterocycles. The molecule has 0 unspecified atom stereocenters. The van der Waals surface area contributed by atoms with E-state index in [0.717, 1.165) is 6.42 Å². The Labute approximate surface area is 118 Å². The van der Waals surface area contributed by atoms with E-state index < -0.39 is 0 Å². The molecule has 0 bridgehead atoms. The van der Waals surface area contributed by atoms with Gasteiger partial charge in [0.2, 0.25) is 0 Å². The highest BCUT2D eigenvalue weighted by atomic mass is 19.1. The Morgan fingerprint density at radius 2 is 1.75 bits per heavy atom. The van der Waals surface area contributed by atoms with Gasteiger partial charge >= 0.3 is 0 Å². The van der Waals surface area contributed by atoms with Crippen molar-refractivity contribution in [3.05, 3.63) is 70.5 Å². The molecule has 0 atom stereocenters. The molecule has 2 aromatic carbocycles. The minimum Gasteiger partial charge on any atom is -0.309 e. The highest BCUT2D eigenvalue weighted by Gasteiger charge is 2.04. The fraction of sp³-hybridized carbons (Fsp3) is 0.235. The molecule has 0 aliphatic heterocycles. The first kappa shape index (κ1) is 14.2. The number of hydrogen-bond acceptors (Lipinski definition) is 2. The number of rotatable bonds is 5. The Morgan fingerprint density at radius 3 is 2.45 bits per heavy atom. The van der Waals surface area contributed by atoms with Crippen LogP contribution in [0.2, 0.25) is 0 Å². The molecule has 0 aliphatic rings. The minimum atomic E-state index is -0.310. The molecule has 2 nitrogen and oxygen atoms in total. The molecule has 2 rings (SSSR count). The molecule has 0 radical (unpaired) electrons. The first-order valence-electron chi connectivity index (χ1n) is 6.70. The molecule has 0 spiro atoms. The topological polar surface area (TPSA) is 35.8 Å². The van der Waals surface area contributed by atoms with E-state index in [1.165, 1.54) is 29.3 Å². The van der Waals surface area contributed by atoms with E-state index in [9.17, 15) is 4.39 Å². The van der Waals surface area contributed by atoms with E-state index in [1.807, 2.05) is 12.1 Å². The van der Waals surface area contributed by atoms with Crippen LogP contribution in [0.25, 0.3) is 0 Å². The van der Waals surface area contributed by atoms with Crippen molar-refractivity contribution < 1.29 is 4.39 Å². The van der Waals surface area contributed by atoms with Crippen LogP contribution in [0.15, 0.2) is 42.5 Å². The molecule has 0 heterocycles. The lowest BCUT2D eigenvalue weighted by molar-refractivity contribution is 0.619. The zero-order valence-corrected chi connectivity index (χ0v) is 11.5. The lowest BCUT2D eigenvalue weighted by Crippen LogP contribution is -2.15. The average molecular weight is 268 g/mol. The zero-order valence-electron chi connectivity index (χ0n) is 11.5. The van der Waals surface area contributed by atoms with Crippen LogP contribution in [0.3, 0.4) is 0 Å². The van der Waals surface area contributed by atoms with E-state index in [0.29, 0.717) is 24.2 Å². The predicted molar refractivity (Wildman–Crippen MR) is 77.5 cm³/mol. The van der Waals surface area contributed by atoms with Gasteiger partial charge in [-0.2, -0.15) is 5.26 Å². The second kappa shape index (κ2) is 6.83. The van der Waals surface area contributed by atoms with Gasteiger partial charge in [-0.25, -0.2) is 4.39 Å². The van der Waals surface area contributed by atoms with Gasteiger partial charge in [0.05, 0.1) is 11.6 Å². The van der Waals surface area contributed by atoms with Crippen molar-refractivity contribution in [1.29, 1.82) is 5.26 Å². The maximum Gasteiger partial charge on any atom is 0.123 e. The van der Waals surface area contributed by atoms with E-state index in [2.05, 4.69) is 30.4 Å². The summed E-state index contributed by atoms with van der Waals surface area (Å²) in [6, 6.07) is 14.6. The number of hydrogen-bond donors (Lipinski definition) is 1. The minimum absolute atomic E-state index is 0.310. The predicted octanol–water partition coefficient (Wildman–Crippen LogP) is 3.55. The normalized spacial score (nSPS) is 10.2. The second-order valence-electron chi connectivity index (χ2n) is 4.64. The van der Waals surface area contributed by atoms with E-state index in [4.69, 9.17) is 5.26 Å². The summed E-state index contributed by atoms with van der Waals surface area (Å²) in [5.74, 6) is -0.310. The third kappa shape index (κ3) is 3.43. The van der Waals surface area contributed by atoms with Crippen LogP contribution in [0, 0.1) is 17.1 Å². The lowest BCUT2D eigenvalue weighted by atomic mass is 10.0. The maximum absolute atomic E-state index is 13.2. The Kier molecular flexibility index (Phi) is 4.86. The Balaban J connectivity index is 2.03. The van der Waals surface area contributed by atoms with Crippen molar-refractivity contribution in [2.24, 2.45) is 0 Å². The first-order valence-corrected chi connectivity index (χ1v) is 6.70. The van der Waals surface area contributed by atoms with Gasteiger partial charge in [0.15, 0.2) is 0 Å². The van der Waals surface area contributed by atoms with Gasteiger partial charge in [-0.3, -0.25) is 0 Å². The quantitative estimate of drug-likeness (QED) is 0.900. The highest BCUT2D eigenvalue weighted by molar-refractivity contribution is 5.37. The van der Waals surface area contributed by atoms with Gasteiger partial charge in [-0.15, -0.1) is 0 Å². The molecular formula is C17H17FN2. The third-order valence-corrected chi connectivity index (χ3v) is 3.32. The molecule has 0 amide bonds. The van der Waals surface area contributed by atoms with Gasteiger partial charge in [-0.05, 0) is 41.3 Å². The van der Waals surface area contributed by atoms with Crippen LogP contribution >= 0.6 is 0 Å². The van der Waals surface area contributed by atoms with E-state index in [-0.39, 0.29) is 5.82 Å². The third-order valence-electron chi connectivity index (χ3n) is 3.32. The number of nitriles is 1. The van der Waals surface area contributed by atoms with Crippen molar-refractivity contribution in [1.82, 2.24) is 5.32 Å². The van der Waals surface area contributed by atoms with Crippen LogP contribution in [-0.4, -0.2) is 0 Å². The monoisotopic (exact) mass is 268 g/mol. The molecule has 0 fully saturated rings. The van der Waals surface area contributed by atoms with Gasteiger partial charge in [0.1, 0.15) is 5.82 Å². The summed E-state index contributed by atoms with van der Waals surface area (Å²) in [5, 5.41) is 12.3. The Morgan fingerprint density at radius 1 is 1.05 bits per heavy atom. The fourth-order valence-corrected chi connectivity index (χ4v) is 2.22. The molecule has 3 heteroatoms. The molecule has 0 aromatic heterocycles. The van der Waals surface area contributed by atoms with Crippen molar-refractivity contribution in [2.45, 2.75) is 26.4 Å². The van der Waals surface area contributed by atoms with Gasteiger partial charge in [0.25, 0.3) is 0 Å². The zero-order chi connectivity index (χ0) is 14.4. The smallest absolute Gasteiger partial charge is 0.123 e. The molecule has 102 valence electrons. The van der Waals surface area contributed by atoms with E-state index >= 15 is 0 Å². The van der Waals surface area contributed by atoms with Crippen LogP contribution in [0.1, 0.15) is 29.2 Å². The lowest BCUT2D eigenvalue weighted by Gasteiger charge is -2.10. The van der Waals surface area contributed by atoms with Crippen molar-refractivity contribution in [3.8, 4) is 6.07 Å². The number of aryl methyl sites for hydroxylation is 1. The molecule has 2 aromatic rings. The van der Waals surface area contributed by atoms with Crippen molar-refractivity contribution in [3.63, 3.8) is 0 Å². The van der Waals surface area contributed by atoms with E-state index in [1.54, 1.807) is 0 Å². The Hall–Kier alpha value is -2.18. The largest absolute Gasteiger partial charge is 0.309 e. The standard InChI is InChI=1S/C17H17FN2/c1-2-13-5-3-4-6-15(13)11-20-12-16-9-17(18)8-7-14(16)10-19/h3-9,20H,2,11-12H2,1H3. The van der Waals surface area contributed by atoms with Gasteiger partial charge < -0.3 is 5.32 Å². The van der Waals surface area contributed by atoms with Crippen LogP contribution < -0.4 is 5.32 Å². The highest BCUT2D eigenvalue weighted by Crippen LogP contribution is 2.12. The van der Waals surface area contributed by atoms with Crippen LogP contribution in [0.5, 0.6) is 0 Å². The number of nitrogens with one attached hydrogen (secondary N) is 1. The van der Waals surface area contributed by atoms with Gasteiger partial charge in [0, 0.05) is 13.1 Å². The summed E-state index contributed by atoms with van der Waals surface area (Å²) in [6.07, 6.45) is 0.987. The summed E-state index contributed by atoms with van der Waals surface area (Å²) in [4.78, 5) is 0. The second-order valence-corrected chi connectivity index (χ2v) is 4.64. The van der Waals surface area contributed by atoms with Crippen molar-refractivity contribution in [2.75, 3.05) is 0 Å².